The van der Waals surface area contributed by atoms with Crippen molar-refractivity contribution in [3.63, 3.8) is 0 Å². The quantitative estimate of drug-likeness (QED) is 0.589. The van der Waals surface area contributed by atoms with Gasteiger partial charge in [-0.05, 0) is 42.0 Å². The van der Waals surface area contributed by atoms with Gasteiger partial charge in [0.05, 0.1) is 5.69 Å². The van der Waals surface area contributed by atoms with E-state index >= 15 is 0 Å². The van der Waals surface area contributed by atoms with E-state index in [-0.39, 0.29) is 12.5 Å². The van der Waals surface area contributed by atoms with E-state index in [9.17, 15) is 9.59 Å². The molecule has 2 heterocycles. The number of carbonyl (C=O) groups excluding carboxylic acids is 2. The number of benzene rings is 2. The van der Waals surface area contributed by atoms with E-state index in [1.165, 1.54) is 0 Å². The number of anilines is 1. The standard InChI is InChI=1S/C17H10BrClN2O4/c18-12-7-15-14(24-8-25-15)5-9(12)4-13-16(22)21(17(23)20-13)11-3-1-2-10(19)6-11/h1-7H,8H2,(H,20,23). The highest BCUT2D eigenvalue weighted by Crippen LogP contribution is 2.38. The summed E-state index contributed by atoms with van der Waals surface area (Å²) in [4.78, 5) is 25.9. The van der Waals surface area contributed by atoms with Gasteiger partial charge in [-0.15, -0.1) is 0 Å². The molecule has 2 aromatic rings. The maximum absolute atomic E-state index is 12.6. The van der Waals surface area contributed by atoms with Crippen molar-refractivity contribution < 1.29 is 19.1 Å². The van der Waals surface area contributed by atoms with Gasteiger partial charge in [-0.1, -0.05) is 33.6 Å². The van der Waals surface area contributed by atoms with Crippen molar-refractivity contribution in [2.45, 2.75) is 0 Å². The number of halogens is 2. The molecule has 0 atom stereocenters. The fraction of sp³-hybridized carbons (Fsp3) is 0.0588. The molecule has 0 aliphatic carbocycles. The Hall–Kier alpha value is -2.51. The molecule has 1 N–H and O–H groups in total. The molecule has 126 valence electrons. The normalized spacial score (nSPS) is 17.4. The SMILES string of the molecule is O=C1NC(=Cc2cc3c(cc2Br)OCO3)C(=O)N1c1cccc(Cl)c1. The highest BCUT2D eigenvalue weighted by atomic mass is 79.9. The fourth-order valence-electron chi connectivity index (χ4n) is 2.58. The Labute approximate surface area is 156 Å². The largest absolute Gasteiger partial charge is 0.454 e. The number of imide groups is 1. The minimum atomic E-state index is -0.532. The van der Waals surface area contributed by atoms with Crippen molar-refractivity contribution in [2.75, 3.05) is 11.7 Å². The van der Waals surface area contributed by atoms with Crippen LogP contribution in [0.25, 0.3) is 6.08 Å². The number of hydrogen-bond donors (Lipinski definition) is 1. The van der Waals surface area contributed by atoms with Crippen LogP contribution in [0.1, 0.15) is 5.56 Å². The summed E-state index contributed by atoms with van der Waals surface area (Å²) < 4.78 is 11.4. The molecule has 0 aromatic heterocycles. The van der Waals surface area contributed by atoms with Crippen LogP contribution in [0.2, 0.25) is 5.02 Å². The van der Waals surface area contributed by atoms with E-state index in [1.54, 1.807) is 42.5 Å². The summed E-state index contributed by atoms with van der Waals surface area (Å²) in [5.74, 6) is 0.742. The number of ether oxygens (including phenoxy) is 2. The van der Waals surface area contributed by atoms with Crippen molar-refractivity contribution in [1.82, 2.24) is 5.32 Å². The summed E-state index contributed by atoms with van der Waals surface area (Å²) in [6, 6.07) is 9.50. The lowest BCUT2D eigenvalue weighted by Crippen LogP contribution is -2.30. The lowest BCUT2D eigenvalue weighted by atomic mass is 10.1. The third-order valence-electron chi connectivity index (χ3n) is 3.74. The van der Waals surface area contributed by atoms with Gasteiger partial charge in [0.2, 0.25) is 6.79 Å². The van der Waals surface area contributed by atoms with Crippen LogP contribution in [0.3, 0.4) is 0 Å². The van der Waals surface area contributed by atoms with Gasteiger partial charge < -0.3 is 14.8 Å². The molecule has 0 bridgehead atoms. The van der Waals surface area contributed by atoms with E-state index in [4.69, 9.17) is 21.1 Å². The molecule has 2 aliphatic heterocycles. The molecule has 0 unspecified atom stereocenters. The second kappa shape index (κ2) is 6.09. The Balaban J connectivity index is 1.69. The van der Waals surface area contributed by atoms with E-state index in [0.29, 0.717) is 32.2 Å². The first-order valence-electron chi connectivity index (χ1n) is 7.25. The number of nitrogens with zero attached hydrogens (tertiary/aromatic N) is 1. The predicted octanol–water partition coefficient (Wildman–Crippen LogP) is 3.93. The molecule has 6 nitrogen and oxygen atoms in total. The molecular weight excluding hydrogens is 412 g/mol. The maximum Gasteiger partial charge on any atom is 0.333 e. The molecule has 8 heteroatoms. The van der Waals surface area contributed by atoms with Gasteiger partial charge >= 0.3 is 6.03 Å². The van der Waals surface area contributed by atoms with Gasteiger partial charge in [-0.25, -0.2) is 9.69 Å². The number of rotatable bonds is 2. The smallest absolute Gasteiger partial charge is 0.333 e. The lowest BCUT2D eigenvalue weighted by molar-refractivity contribution is -0.113. The monoisotopic (exact) mass is 420 g/mol. The zero-order chi connectivity index (χ0) is 17.6. The number of urea groups is 1. The third-order valence-corrected chi connectivity index (χ3v) is 4.66. The average molecular weight is 422 g/mol. The summed E-state index contributed by atoms with van der Waals surface area (Å²) in [5.41, 5.74) is 1.24. The minimum absolute atomic E-state index is 0.153. The van der Waals surface area contributed by atoms with Crippen LogP contribution in [-0.4, -0.2) is 18.7 Å². The Morgan fingerprint density at radius 1 is 1.16 bits per heavy atom. The van der Waals surface area contributed by atoms with Gasteiger partial charge in [-0.2, -0.15) is 0 Å². The Morgan fingerprint density at radius 3 is 2.68 bits per heavy atom. The number of carbonyl (C=O) groups is 2. The number of hydrogen-bond acceptors (Lipinski definition) is 4. The average Bonchev–Trinajstić information content (AvgIpc) is 3.12. The van der Waals surface area contributed by atoms with Crippen LogP contribution >= 0.6 is 27.5 Å². The first-order chi connectivity index (χ1) is 12.0. The molecule has 3 amide bonds. The molecule has 2 aliphatic rings. The topological polar surface area (TPSA) is 67.9 Å². The highest BCUT2D eigenvalue weighted by Gasteiger charge is 2.35. The predicted molar refractivity (Wildman–Crippen MR) is 95.7 cm³/mol. The van der Waals surface area contributed by atoms with Crippen molar-refractivity contribution in [3.05, 3.63) is 57.2 Å². The summed E-state index contributed by atoms with van der Waals surface area (Å²) in [5, 5.41) is 3.02. The van der Waals surface area contributed by atoms with Gasteiger partial charge in [0.1, 0.15) is 5.70 Å². The first-order valence-corrected chi connectivity index (χ1v) is 8.42. The van der Waals surface area contributed by atoms with Crippen LogP contribution in [0.4, 0.5) is 10.5 Å². The van der Waals surface area contributed by atoms with Crippen LogP contribution in [0.15, 0.2) is 46.6 Å². The minimum Gasteiger partial charge on any atom is -0.454 e. The van der Waals surface area contributed by atoms with E-state index in [2.05, 4.69) is 21.2 Å². The molecular formula is C17H10BrClN2O4. The molecule has 4 rings (SSSR count). The van der Waals surface area contributed by atoms with Crippen LogP contribution in [0.5, 0.6) is 11.5 Å². The summed E-state index contributed by atoms with van der Waals surface area (Å²) in [6.07, 6.45) is 1.58. The van der Waals surface area contributed by atoms with Crippen molar-refractivity contribution in [3.8, 4) is 11.5 Å². The number of nitrogens with one attached hydrogen (secondary N) is 1. The van der Waals surface area contributed by atoms with Gasteiger partial charge in [0, 0.05) is 9.50 Å². The Kier molecular flexibility index (Phi) is 3.89. The summed E-state index contributed by atoms with van der Waals surface area (Å²) in [7, 11) is 0. The molecule has 25 heavy (non-hydrogen) atoms. The molecule has 0 radical (unpaired) electrons. The molecule has 0 spiro atoms. The van der Waals surface area contributed by atoms with Gasteiger partial charge in [-0.3, -0.25) is 4.79 Å². The lowest BCUT2D eigenvalue weighted by Gasteiger charge is -2.11. The molecule has 1 fully saturated rings. The van der Waals surface area contributed by atoms with E-state index in [1.807, 2.05) is 0 Å². The van der Waals surface area contributed by atoms with Gasteiger partial charge in [0.25, 0.3) is 5.91 Å². The van der Waals surface area contributed by atoms with Crippen LogP contribution < -0.4 is 19.7 Å². The van der Waals surface area contributed by atoms with Crippen molar-refractivity contribution in [1.29, 1.82) is 0 Å². The van der Waals surface area contributed by atoms with E-state index in [0.717, 1.165) is 4.90 Å². The van der Waals surface area contributed by atoms with Crippen molar-refractivity contribution in [2.24, 2.45) is 0 Å². The van der Waals surface area contributed by atoms with Gasteiger partial charge in [0.15, 0.2) is 11.5 Å². The third kappa shape index (κ3) is 2.85. The number of fused-ring (bicyclic) bond motifs is 1. The second-order valence-corrected chi connectivity index (χ2v) is 6.63. The number of amides is 3. The second-order valence-electron chi connectivity index (χ2n) is 5.34. The Bertz CT molecular complexity index is 944. The van der Waals surface area contributed by atoms with Crippen LogP contribution in [0, 0.1) is 0 Å². The summed E-state index contributed by atoms with van der Waals surface area (Å²) in [6.45, 7) is 0.153. The molecule has 1 saturated heterocycles. The first kappa shape index (κ1) is 16.0. The molecule has 0 saturated carbocycles. The summed E-state index contributed by atoms with van der Waals surface area (Å²) >= 11 is 9.37. The maximum atomic E-state index is 12.6. The highest BCUT2D eigenvalue weighted by molar-refractivity contribution is 9.10. The van der Waals surface area contributed by atoms with E-state index < -0.39 is 11.9 Å². The zero-order valence-electron chi connectivity index (χ0n) is 12.6. The zero-order valence-corrected chi connectivity index (χ0v) is 14.9. The fourth-order valence-corrected chi connectivity index (χ4v) is 3.21. The van der Waals surface area contributed by atoms with Crippen molar-refractivity contribution >= 4 is 51.2 Å². The van der Waals surface area contributed by atoms with Crippen LogP contribution in [-0.2, 0) is 4.79 Å². The Morgan fingerprint density at radius 2 is 1.92 bits per heavy atom. The molecule has 2 aromatic carbocycles.